The molecule has 1 amide bonds. The number of thiophene rings is 1. The van der Waals surface area contributed by atoms with Crippen LogP contribution in [0.4, 0.5) is 5.00 Å². The predicted octanol–water partition coefficient (Wildman–Crippen LogP) is 2.82. The lowest BCUT2D eigenvalue weighted by Gasteiger charge is -2.03. The van der Waals surface area contributed by atoms with E-state index in [1.165, 1.54) is 12.3 Å². The predicted molar refractivity (Wildman–Crippen MR) is 83.6 cm³/mol. The van der Waals surface area contributed by atoms with Crippen LogP contribution in [-0.4, -0.2) is 23.7 Å². The molecule has 2 aromatic rings. The molecule has 0 aliphatic rings. The van der Waals surface area contributed by atoms with E-state index in [4.69, 9.17) is 4.74 Å². The van der Waals surface area contributed by atoms with E-state index in [1.807, 2.05) is 6.92 Å². The van der Waals surface area contributed by atoms with Crippen molar-refractivity contribution in [1.82, 2.24) is 5.43 Å². The van der Waals surface area contributed by atoms with Crippen molar-refractivity contribution in [2.24, 2.45) is 5.10 Å². The summed E-state index contributed by atoms with van der Waals surface area (Å²) in [5, 5.41) is 14.4. The monoisotopic (exact) mass is 319 g/mol. The molecule has 22 heavy (non-hydrogen) atoms. The van der Waals surface area contributed by atoms with E-state index in [2.05, 4.69) is 10.5 Å². The Bertz CT molecular complexity index is 694. The van der Waals surface area contributed by atoms with Gasteiger partial charge in [0.05, 0.1) is 22.6 Å². The molecule has 8 heteroatoms. The maximum Gasteiger partial charge on any atom is 0.324 e. The lowest BCUT2D eigenvalue weighted by Crippen LogP contribution is -2.17. The van der Waals surface area contributed by atoms with Crippen LogP contribution in [-0.2, 0) is 0 Å². The first-order chi connectivity index (χ1) is 10.6. The van der Waals surface area contributed by atoms with Crippen molar-refractivity contribution >= 4 is 28.5 Å². The number of carbonyl (C=O) groups excluding carboxylic acids is 1. The number of nitro groups is 1. The van der Waals surface area contributed by atoms with Gasteiger partial charge in [-0.3, -0.25) is 14.9 Å². The number of hydrogen-bond acceptors (Lipinski definition) is 6. The zero-order valence-electron chi connectivity index (χ0n) is 11.7. The second-order valence-electron chi connectivity index (χ2n) is 4.09. The minimum absolute atomic E-state index is 0.0271. The van der Waals surface area contributed by atoms with E-state index in [1.54, 1.807) is 30.3 Å². The summed E-state index contributed by atoms with van der Waals surface area (Å²) in [5.74, 6) is 0.318. The van der Waals surface area contributed by atoms with Gasteiger partial charge >= 0.3 is 5.00 Å². The summed E-state index contributed by atoms with van der Waals surface area (Å²) < 4.78 is 5.29. The Kier molecular flexibility index (Phi) is 5.21. The van der Waals surface area contributed by atoms with Crippen LogP contribution in [0.3, 0.4) is 0 Å². The van der Waals surface area contributed by atoms with Crippen molar-refractivity contribution in [2.45, 2.75) is 6.92 Å². The molecule has 0 atom stereocenters. The lowest BCUT2D eigenvalue weighted by atomic mass is 10.2. The third-order valence-electron chi connectivity index (χ3n) is 2.58. The molecule has 1 N–H and O–H groups in total. The van der Waals surface area contributed by atoms with E-state index in [0.29, 0.717) is 22.8 Å². The fourth-order valence-electron chi connectivity index (χ4n) is 1.60. The number of nitrogens with zero attached hydrogens (tertiary/aromatic N) is 2. The SMILES string of the molecule is CCOc1ccc(C(=O)N/N=C/c2ccc([N+](=O)[O-])s2)cc1. The van der Waals surface area contributed by atoms with Gasteiger partial charge in [-0.05, 0) is 37.3 Å². The summed E-state index contributed by atoms with van der Waals surface area (Å²) in [6, 6.07) is 9.61. The molecule has 0 bridgehead atoms. The van der Waals surface area contributed by atoms with Gasteiger partial charge < -0.3 is 4.74 Å². The van der Waals surface area contributed by atoms with Gasteiger partial charge in [0.1, 0.15) is 5.75 Å². The van der Waals surface area contributed by atoms with E-state index in [-0.39, 0.29) is 10.9 Å². The second kappa shape index (κ2) is 7.32. The van der Waals surface area contributed by atoms with Crippen LogP contribution in [0.2, 0.25) is 0 Å². The van der Waals surface area contributed by atoms with Crippen LogP contribution in [0.1, 0.15) is 22.2 Å². The molecule has 0 aliphatic heterocycles. The van der Waals surface area contributed by atoms with Crippen LogP contribution in [0.25, 0.3) is 0 Å². The van der Waals surface area contributed by atoms with Crippen molar-refractivity contribution < 1.29 is 14.5 Å². The summed E-state index contributed by atoms with van der Waals surface area (Å²) in [4.78, 5) is 22.5. The average Bonchev–Trinajstić information content (AvgIpc) is 2.97. The Morgan fingerprint density at radius 2 is 2.09 bits per heavy atom. The largest absolute Gasteiger partial charge is 0.494 e. The number of ether oxygens (including phenoxy) is 1. The van der Waals surface area contributed by atoms with Crippen LogP contribution >= 0.6 is 11.3 Å². The number of amides is 1. The van der Waals surface area contributed by atoms with E-state index in [9.17, 15) is 14.9 Å². The fourth-order valence-corrected chi connectivity index (χ4v) is 2.29. The third-order valence-corrected chi connectivity index (χ3v) is 3.55. The molecule has 114 valence electrons. The molecule has 0 saturated carbocycles. The highest BCUT2D eigenvalue weighted by Gasteiger charge is 2.08. The van der Waals surface area contributed by atoms with Gasteiger partial charge in [-0.2, -0.15) is 5.10 Å². The first-order valence-electron chi connectivity index (χ1n) is 6.40. The van der Waals surface area contributed by atoms with Gasteiger partial charge in [0.2, 0.25) is 0 Å². The lowest BCUT2D eigenvalue weighted by molar-refractivity contribution is -0.380. The summed E-state index contributed by atoms with van der Waals surface area (Å²) in [6.45, 7) is 2.44. The molecular formula is C14H13N3O4S. The third kappa shape index (κ3) is 4.13. The van der Waals surface area contributed by atoms with Gasteiger partial charge in [-0.1, -0.05) is 11.3 Å². The number of nitrogens with one attached hydrogen (secondary N) is 1. The molecule has 0 saturated heterocycles. The van der Waals surface area contributed by atoms with Gasteiger partial charge in [0, 0.05) is 11.6 Å². The smallest absolute Gasteiger partial charge is 0.324 e. The number of benzene rings is 1. The maximum absolute atomic E-state index is 11.8. The molecule has 0 radical (unpaired) electrons. The topological polar surface area (TPSA) is 93.8 Å². The maximum atomic E-state index is 11.8. The standard InChI is InChI=1S/C14H13N3O4S/c1-2-21-11-5-3-10(4-6-11)14(18)16-15-9-12-7-8-13(22-12)17(19)20/h3-9H,2H2,1H3,(H,16,18)/b15-9+. The minimum Gasteiger partial charge on any atom is -0.494 e. The average molecular weight is 319 g/mol. The Morgan fingerprint density at radius 1 is 1.36 bits per heavy atom. The summed E-state index contributed by atoms with van der Waals surface area (Å²) in [7, 11) is 0. The summed E-state index contributed by atoms with van der Waals surface area (Å²) in [6.07, 6.45) is 1.37. The highest BCUT2D eigenvalue weighted by atomic mass is 32.1. The van der Waals surface area contributed by atoms with E-state index in [0.717, 1.165) is 11.3 Å². The Morgan fingerprint density at radius 3 is 2.68 bits per heavy atom. The first kappa shape index (κ1) is 15.6. The zero-order chi connectivity index (χ0) is 15.9. The quantitative estimate of drug-likeness (QED) is 0.503. The van der Waals surface area contributed by atoms with Gasteiger partial charge in [0.15, 0.2) is 0 Å². The van der Waals surface area contributed by atoms with Crippen LogP contribution in [0.5, 0.6) is 5.75 Å². The molecule has 1 aromatic carbocycles. The Labute approximate surface area is 130 Å². The molecule has 2 rings (SSSR count). The number of hydrogen-bond donors (Lipinski definition) is 1. The van der Waals surface area contributed by atoms with Crippen molar-refractivity contribution in [3.05, 3.63) is 57.0 Å². The molecule has 1 heterocycles. The van der Waals surface area contributed by atoms with Gasteiger partial charge in [-0.15, -0.1) is 0 Å². The Balaban J connectivity index is 1.93. The summed E-state index contributed by atoms with van der Waals surface area (Å²) >= 11 is 0.980. The molecule has 7 nitrogen and oxygen atoms in total. The van der Waals surface area contributed by atoms with Crippen molar-refractivity contribution in [3.8, 4) is 5.75 Å². The van der Waals surface area contributed by atoms with Crippen molar-refractivity contribution in [2.75, 3.05) is 6.61 Å². The molecule has 1 aromatic heterocycles. The number of rotatable bonds is 6. The van der Waals surface area contributed by atoms with Crippen molar-refractivity contribution in [1.29, 1.82) is 0 Å². The molecular weight excluding hydrogens is 306 g/mol. The minimum atomic E-state index is -0.472. The van der Waals surface area contributed by atoms with Gasteiger partial charge in [0.25, 0.3) is 5.91 Å². The van der Waals surface area contributed by atoms with Gasteiger partial charge in [-0.25, -0.2) is 5.43 Å². The van der Waals surface area contributed by atoms with E-state index >= 15 is 0 Å². The Hall–Kier alpha value is -2.74. The number of hydrazone groups is 1. The van der Waals surface area contributed by atoms with Crippen LogP contribution < -0.4 is 10.2 Å². The molecule has 0 spiro atoms. The first-order valence-corrected chi connectivity index (χ1v) is 7.22. The second-order valence-corrected chi connectivity index (χ2v) is 5.18. The molecule has 0 aliphatic carbocycles. The van der Waals surface area contributed by atoms with Crippen LogP contribution in [0, 0.1) is 10.1 Å². The highest BCUT2D eigenvalue weighted by Crippen LogP contribution is 2.22. The fraction of sp³-hybridized carbons (Fsp3) is 0.143. The van der Waals surface area contributed by atoms with E-state index < -0.39 is 4.92 Å². The zero-order valence-corrected chi connectivity index (χ0v) is 12.5. The normalized spacial score (nSPS) is 10.6. The van der Waals surface area contributed by atoms with Crippen LogP contribution in [0.15, 0.2) is 41.5 Å². The molecule has 0 unspecified atom stereocenters. The molecule has 0 fully saturated rings. The van der Waals surface area contributed by atoms with Crippen molar-refractivity contribution in [3.63, 3.8) is 0 Å². The highest BCUT2D eigenvalue weighted by molar-refractivity contribution is 7.16. The number of carbonyl (C=O) groups is 1. The summed E-state index contributed by atoms with van der Waals surface area (Å²) in [5.41, 5.74) is 2.81.